The molecule has 0 aliphatic carbocycles. The number of anilines is 1. The van der Waals surface area contributed by atoms with Crippen molar-refractivity contribution in [1.82, 2.24) is 0 Å². The molecule has 10 heteroatoms. The summed E-state index contributed by atoms with van der Waals surface area (Å²) < 4.78 is 64.2. The summed E-state index contributed by atoms with van der Waals surface area (Å²) in [6, 6.07) is 8.56. The SMILES string of the molecule is C[C@](O)(CS(=O)c1ccc(F)cc1)C(=O)Nc1ccc(C#N)c(C(F)(F)F)c1. The third kappa shape index (κ3) is 5.15. The lowest BCUT2D eigenvalue weighted by atomic mass is 10.1. The summed E-state index contributed by atoms with van der Waals surface area (Å²) in [6.45, 7) is 1.05. The quantitative estimate of drug-likeness (QED) is 0.736. The van der Waals surface area contributed by atoms with Crippen LogP contribution in [0.1, 0.15) is 18.1 Å². The second-order valence-electron chi connectivity index (χ2n) is 6.04. The molecule has 2 aromatic carbocycles. The van der Waals surface area contributed by atoms with Crippen LogP contribution in [0.15, 0.2) is 47.4 Å². The van der Waals surface area contributed by atoms with Gasteiger partial charge in [0.25, 0.3) is 5.91 Å². The molecule has 0 aliphatic heterocycles. The van der Waals surface area contributed by atoms with Crippen LogP contribution in [0, 0.1) is 17.1 Å². The van der Waals surface area contributed by atoms with E-state index >= 15 is 0 Å². The van der Waals surface area contributed by atoms with Gasteiger partial charge in [0.2, 0.25) is 0 Å². The molecule has 0 saturated heterocycles. The Kier molecular flexibility index (Phi) is 6.21. The van der Waals surface area contributed by atoms with E-state index in [9.17, 15) is 31.7 Å². The first-order valence-electron chi connectivity index (χ1n) is 7.73. The first-order chi connectivity index (χ1) is 12.9. The Bertz CT molecular complexity index is 951. The van der Waals surface area contributed by atoms with Crippen LogP contribution in [0.4, 0.5) is 23.2 Å². The zero-order valence-electron chi connectivity index (χ0n) is 14.4. The number of alkyl halides is 3. The van der Waals surface area contributed by atoms with Crippen molar-refractivity contribution < 1.29 is 31.7 Å². The Morgan fingerprint density at radius 2 is 1.82 bits per heavy atom. The molecule has 2 atom stereocenters. The molecule has 0 fully saturated rings. The third-order valence-corrected chi connectivity index (χ3v) is 5.30. The molecule has 28 heavy (non-hydrogen) atoms. The zero-order valence-corrected chi connectivity index (χ0v) is 15.2. The molecule has 1 unspecified atom stereocenters. The Morgan fingerprint density at radius 1 is 1.21 bits per heavy atom. The topological polar surface area (TPSA) is 90.2 Å². The van der Waals surface area contributed by atoms with Gasteiger partial charge in [-0.2, -0.15) is 18.4 Å². The van der Waals surface area contributed by atoms with E-state index in [0.717, 1.165) is 31.2 Å². The largest absolute Gasteiger partial charge is 0.417 e. The van der Waals surface area contributed by atoms with Gasteiger partial charge < -0.3 is 10.4 Å². The van der Waals surface area contributed by atoms with E-state index in [1.54, 1.807) is 0 Å². The maximum Gasteiger partial charge on any atom is 0.417 e. The predicted octanol–water partition coefficient (Wildman–Crippen LogP) is 3.21. The van der Waals surface area contributed by atoms with Crippen molar-refractivity contribution >= 4 is 22.4 Å². The smallest absolute Gasteiger partial charge is 0.379 e. The van der Waals surface area contributed by atoms with Gasteiger partial charge in [0.15, 0.2) is 5.60 Å². The maximum absolute atomic E-state index is 13.0. The number of amides is 1. The van der Waals surface area contributed by atoms with Crippen molar-refractivity contribution in [3.8, 4) is 6.07 Å². The molecule has 0 aliphatic rings. The van der Waals surface area contributed by atoms with Crippen LogP contribution < -0.4 is 5.32 Å². The van der Waals surface area contributed by atoms with E-state index in [4.69, 9.17) is 5.26 Å². The van der Waals surface area contributed by atoms with Crippen LogP contribution in [0.2, 0.25) is 0 Å². The van der Waals surface area contributed by atoms with Crippen molar-refractivity contribution in [2.75, 3.05) is 11.1 Å². The number of carbonyl (C=O) groups excluding carboxylic acids is 1. The summed E-state index contributed by atoms with van der Waals surface area (Å²) in [6.07, 6.45) is -4.81. The molecule has 0 bridgehead atoms. The number of benzene rings is 2. The highest BCUT2D eigenvalue weighted by Gasteiger charge is 2.36. The van der Waals surface area contributed by atoms with E-state index < -0.39 is 51.2 Å². The summed E-state index contributed by atoms with van der Waals surface area (Å²) in [7, 11) is -1.86. The van der Waals surface area contributed by atoms with Crippen LogP contribution in [0.3, 0.4) is 0 Å². The van der Waals surface area contributed by atoms with Gasteiger partial charge in [0, 0.05) is 10.6 Å². The molecule has 0 saturated carbocycles. The molecule has 0 spiro atoms. The monoisotopic (exact) mass is 414 g/mol. The normalized spacial score (nSPS) is 14.6. The molecule has 2 N–H and O–H groups in total. The number of carbonyl (C=O) groups is 1. The van der Waals surface area contributed by atoms with Crippen LogP contribution in [0.5, 0.6) is 0 Å². The lowest BCUT2D eigenvalue weighted by molar-refractivity contribution is -0.137. The first-order valence-corrected chi connectivity index (χ1v) is 9.05. The van der Waals surface area contributed by atoms with Crippen LogP contribution in [-0.4, -0.2) is 26.6 Å². The van der Waals surface area contributed by atoms with Gasteiger partial charge in [-0.3, -0.25) is 9.00 Å². The van der Waals surface area contributed by atoms with Gasteiger partial charge in [-0.25, -0.2) is 4.39 Å². The van der Waals surface area contributed by atoms with Gasteiger partial charge in [0.1, 0.15) is 5.82 Å². The zero-order chi connectivity index (χ0) is 21.1. The van der Waals surface area contributed by atoms with E-state index in [-0.39, 0.29) is 10.6 Å². The number of nitrogens with zero attached hydrogens (tertiary/aromatic N) is 1. The number of hydrogen-bond donors (Lipinski definition) is 2. The first kappa shape index (κ1) is 21.5. The Balaban J connectivity index is 2.18. The van der Waals surface area contributed by atoms with Crippen LogP contribution >= 0.6 is 0 Å². The van der Waals surface area contributed by atoms with Crippen molar-refractivity contribution in [2.24, 2.45) is 0 Å². The molecular formula is C18H14F4N2O3S. The van der Waals surface area contributed by atoms with Gasteiger partial charge in [0.05, 0.1) is 33.7 Å². The Labute approximate surface area is 160 Å². The number of nitriles is 1. The predicted molar refractivity (Wildman–Crippen MR) is 93.1 cm³/mol. The standard InChI is InChI=1S/C18H14F4N2O3S/c1-17(26,10-28(27)14-6-3-12(19)4-7-14)16(25)24-13-5-2-11(9-23)15(8-13)18(20,21)22/h2-8,26H,10H2,1H3,(H,24,25)/t17-,28?/m0/s1. The minimum absolute atomic E-state index is 0.173. The van der Waals surface area contributed by atoms with Crippen molar-refractivity contribution in [3.05, 3.63) is 59.4 Å². The van der Waals surface area contributed by atoms with Gasteiger partial charge in [-0.1, -0.05) is 0 Å². The fourth-order valence-electron chi connectivity index (χ4n) is 2.21. The molecule has 0 aromatic heterocycles. The minimum Gasteiger partial charge on any atom is -0.379 e. The third-order valence-electron chi connectivity index (χ3n) is 3.68. The lowest BCUT2D eigenvalue weighted by Gasteiger charge is -2.22. The lowest BCUT2D eigenvalue weighted by Crippen LogP contribution is -2.44. The summed E-state index contributed by atoms with van der Waals surface area (Å²) in [5.41, 5.74) is -4.33. The molecule has 0 radical (unpaired) electrons. The Morgan fingerprint density at radius 3 is 2.36 bits per heavy atom. The molecule has 148 valence electrons. The van der Waals surface area contributed by atoms with Crippen LogP contribution in [-0.2, 0) is 21.8 Å². The molecule has 1 amide bonds. The summed E-state index contributed by atoms with van der Waals surface area (Å²) in [4.78, 5) is 12.4. The summed E-state index contributed by atoms with van der Waals surface area (Å²) in [5, 5.41) is 21.2. The fraction of sp³-hybridized carbons (Fsp3) is 0.222. The van der Waals surface area contributed by atoms with E-state index in [1.807, 2.05) is 0 Å². The second-order valence-corrected chi connectivity index (χ2v) is 7.49. The van der Waals surface area contributed by atoms with Crippen molar-refractivity contribution in [1.29, 1.82) is 5.26 Å². The minimum atomic E-state index is -4.81. The van der Waals surface area contributed by atoms with E-state index in [0.29, 0.717) is 6.07 Å². The van der Waals surface area contributed by atoms with Gasteiger partial charge in [-0.15, -0.1) is 0 Å². The molecule has 2 rings (SSSR count). The molecule has 5 nitrogen and oxygen atoms in total. The Hall–Kier alpha value is -2.77. The van der Waals surface area contributed by atoms with Crippen LogP contribution in [0.25, 0.3) is 0 Å². The van der Waals surface area contributed by atoms with Gasteiger partial charge >= 0.3 is 6.18 Å². The number of halogens is 4. The highest BCUT2D eigenvalue weighted by atomic mass is 32.2. The average Bonchev–Trinajstić information content (AvgIpc) is 2.61. The average molecular weight is 414 g/mol. The molecular weight excluding hydrogens is 400 g/mol. The van der Waals surface area contributed by atoms with Crippen molar-refractivity contribution in [2.45, 2.75) is 23.6 Å². The molecule has 0 heterocycles. The van der Waals surface area contributed by atoms with E-state index in [1.165, 1.54) is 18.2 Å². The second kappa shape index (κ2) is 8.08. The van der Waals surface area contributed by atoms with Crippen molar-refractivity contribution in [3.63, 3.8) is 0 Å². The van der Waals surface area contributed by atoms with Gasteiger partial charge in [-0.05, 0) is 49.4 Å². The molecule has 2 aromatic rings. The number of hydrogen-bond acceptors (Lipinski definition) is 4. The number of nitrogens with one attached hydrogen (secondary N) is 1. The summed E-state index contributed by atoms with van der Waals surface area (Å²) in [5.74, 6) is -2.19. The highest BCUT2D eigenvalue weighted by molar-refractivity contribution is 7.85. The van der Waals surface area contributed by atoms with E-state index in [2.05, 4.69) is 5.32 Å². The highest BCUT2D eigenvalue weighted by Crippen LogP contribution is 2.33. The fourth-order valence-corrected chi connectivity index (χ4v) is 3.46. The summed E-state index contributed by atoms with van der Waals surface area (Å²) >= 11 is 0. The maximum atomic E-state index is 13.0. The number of aliphatic hydroxyl groups is 1. The number of rotatable bonds is 5.